The van der Waals surface area contributed by atoms with Gasteiger partial charge in [-0.05, 0) is 61.7 Å². The van der Waals surface area contributed by atoms with Gasteiger partial charge in [0.25, 0.3) is 0 Å². The molecule has 114 valence electrons. The number of likely N-dealkylation sites (N-methyl/N-ethyl adjacent to an activating group) is 1. The first-order chi connectivity index (χ1) is 9.49. The fourth-order valence-corrected chi connectivity index (χ4v) is 5.44. The highest BCUT2D eigenvalue weighted by Gasteiger charge is 2.51. The van der Waals surface area contributed by atoms with E-state index >= 15 is 0 Å². The molecule has 0 heterocycles. The zero-order valence-electron chi connectivity index (χ0n) is 12.4. The van der Waals surface area contributed by atoms with Crippen LogP contribution in [0.15, 0.2) is 0 Å². The summed E-state index contributed by atoms with van der Waals surface area (Å²) in [6, 6.07) is 0. The van der Waals surface area contributed by atoms with Crippen molar-refractivity contribution in [1.29, 1.82) is 0 Å². The van der Waals surface area contributed by atoms with Crippen LogP contribution in [0.5, 0.6) is 0 Å². The lowest BCUT2D eigenvalue weighted by Gasteiger charge is -2.56. The summed E-state index contributed by atoms with van der Waals surface area (Å²) in [4.78, 5) is 14.0. The quantitative estimate of drug-likeness (QED) is 0.801. The lowest BCUT2D eigenvalue weighted by molar-refractivity contribution is -0.139. The van der Waals surface area contributed by atoms with E-state index in [-0.39, 0.29) is 24.5 Å². The number of carbonyl (C=O) groups excluding carboxylic acids is 1. The molecule has 0 aromatic carbocycles. The van der Waals surface area contributed by atoms with E-state index in [4.69, 9.17) is 5.11 Å². The second-order valence-electron chi connectivity index (χ2n) is 7.70. The van der Waals surface area contributed by atoms with E-state index in [1.54, 1.807) is 11.9 Å². The highest BCUT2D eigenvalue weighted by Crippen LogP contribution is 2.61. The molecular weight excluding hydrogens is 254 g/mol. The molecule has 0 aromatic rings. The van der Waals surface area contributed by atoms with Gasteiger partial charge in [-0.25, -0.2) is 0 Å². The SMILES string of the molecule is CN(C[C@H](O)CO)C(=O)CC12CC3CC(CC(C3)C1)C2. The van der Waals surface area contributed by atoms with Gasteiger partial charge in [-0.2, -0.15) is 0 Å². The van der Waals surface area contributed by atoms with Crippen molar-refractivity contribution in [1.82, 2.24) is 4.90 Å². The van der Waals surface area contributed by atoms with Gasteiger partial charge in [0.05, 0.1) is 12.7 Å². The Labute approximate surface area is 121 Å². The minimum Gasteiger partial charge on any atom is -0.394 e. The molecule has 1 atom stereocenters. The Morgan fingerprint density at radius 2 is 1.70 bits per heavy atom. The average Bonchev–Trinajstić information content (AvgIpc) is 2.36. The van der Waals surface area contributed by atoms with E-state index < -0.39 is 6.10 Å². The maximum absolute atomic E-state index is 12.4. The van der Waals surface area contributed by atoms with Gasteiger partial charge in [-0.15, -0.1) is 0 Å². The second kappa shape index (κ2) is 5.30. The number of rotatable bonds is 5. The summed E-state index contributed by atoms with van der Waals surface area (Å²) in [6.45, 7) is -0.0450. The first kappa shape index (κ1) is 14.3. The number of hydrogen-bond acceptors (Lipinski definition) is 3. The van der Waals surface area contributed by atoms with Gasteiger partial charge in [0.1, 0.15) is 0 Å². The Morgan fingerprint density at radius 1 is 1.20 bits per heavy atom. The molecular formula is C16H27NO3. The molecule has 0 saturated heterocycles. The fourth-order valence-electron chi connectivity index (χ4n) is 5.44. The van der Waals surface area contributed by atoms with Crippen molar-refractivity contribution in [3.05, 3.63) is 0 Å². The van der Waals surface area contributed by atoms with E-state index in [1.165, 1.54) is 38.5 Å². The number of carbonyl (C=O) groups is 1. The molecule has 4 heteroatoms. The van der Waals surface area contributed by atoms with Gasteiger partial charge in [0.15, 0.2) is 0 Å². The zero-order chi connectivity index (χ0) is 14.3. The Hall–Kier alpha value is -0.610. The Morgan fingerprint density at radius 3 is 2.15 bits per heavy atom. The summed E-state index contributed by atoms with van der Waals surface area (Å²) in [5, 5.41) is 18.3. The Bertz CT molecular complexity index is 347. The van der Waals surface area contributed by atoms with Crippen LogP contribution in [0, 0.1) is 23.2 Å². The predicted octanol–water partition coefficient (Wildman–Crippen LogP) is 1.40. The van der Waals surface area contributed by atoms with Gasteiger partial charge in [0, 0.05) is 20.0 Å². The van der Waals surface area contributed by atoms with Gasteiger partial charge >= 0.3 is 0 Å². The topological polar surface area (TPSA) is 60.8 Å². The molecule has 4 bridgehead atoms. The lowest BCUT2D eigenvalue weighted by atomic mass is 9.49. The van der Waals surface area contributed by atoms with Crippen LogP contribution < -0.4 is 0 Å². The molecule has 1 amide bonds. The molecule has 0 aliphatic heterocycles. The minimum absolute atomic E-state index is 0.138. The van der Waals surface area contributed by atoms with Crippen molar-refractivity contribution < 1.29 is 15.0 Å². The molecule has 0 radical (unpaired) electrons. The standard InChI is InChI=1S/C16H27NO3/c1-17(9-14(19)10-18)15(20)8-16-5-11-2-12(6-16)4-13(3-11)7-16/h11-14,18-19H,2-10H2,1H3/t11?,12?,13?,14-,16?/m0/s1. The number of aliphatic hydroxyl groups is 2. The van der Waals surface area contributed by atoms with Crippen LogP contribution in [-0.4, -0.2) is 47.3 Å². The normalized spacial score (nSPS) is 39.9. The minimum atomic E-state index is -0.819. The Balaban J connectivity index is 1.61. The third-order valence-electron chi connectivity index (χ3n) is 5.81. The summed E-state index contributed by atoms with van der Waals surface area (Å²) in [7, 11) is 1.74. The van der Waals surface area contributed by atoms with E-state index in [9.17, 15) is 9.90 Å². The van der Waals surface area contributed by atoms with Gasteiger partial charge in [0.2, 0.25) is 5.91 Å². The van der Waals surface area contributed by atoms with Crippen LogP contribution >= 0.6 is 0 Å². The molecule has 4 fully saturated rings. The molecule has 20 heavy (non-hydrogen) atoms. The van der Waals surface area contributed by atoms with Crippen LogP contribution in [0.3, 0.4) is 0 Å². The summed E-state index contributed by atoms with van der Waals surface area (Å²) in [5.74, 6) is 2.73. The maximum Gasteiger partial charge on any atom is 0.222 e. The molecule has 0 spiro atoms. The number of nitrogens with zero attached hydrogens (tertiary/aromatic N) is 1. The highest BCUT2D eigenvalue weighted by atomic mass is 16.3. The number of hydrogen-bond donors (Lipinski definition) is 2. The van der Waals surface area contributed by atoms with Crippen LogP contribution in [0.1, 0.15) is 44.9 Å². The number of aliphatic hydroxyl groups excluding tert-OH is 2. The van der Waals surface area contributed by atoms with Gasteiger partial charge in [-0.3, -0.25) is 4.79 Å². The van der Waals surface area contributed by atoms with Crippen LogP contribution in [-0.2, 0) is 4.79 Å². The molecule has 2 N–H and O–H groups in total. The molecule has 4 aliphatic carbocycles. The first-order valence-electron chi connectivity index (χ1n) is 8.02. The van der Waals surface area contributed by atoms with Crippen molar-refractivity contribution >= 4 is 5.91 Å². The van der Waals surface area contributed by atoms with Crippen molar-refractivity contribution in [2.45, 2.75) is 51.0 Å². The van der Waals surface area contributed by atoms with Crippen molar-refractivity contribution in [2.75, 3.05) is 20.2 Å². The highest BCUT2D eigenvalue weighted by molar-refractivity contribution is 5.76. The lowest BCUT2D eigenvalue weighted by Crippen LogP contribution is -2.48. The largest absolute Gasteiger partial charge is 0.394 e. The van der Waals surface area contributed by atoms with E-state index in [1.807, 2.05) is 0 Å². The maximum atomic E-state index is 12.4. The van der Waals surface area contributed by atoms with E-state index in [0.29, 0.717) is 6.42 Å². The number of amides is 1. The summed E-state index contributed by atoms with van der Waals surface area (Å²) in [6.07, 6.45) is 7.72. The zero-order valence-corrected chi connectivity index (χ0v) is 12.4. The van der Waals surface area contributed by atoms with Crippen molar-refractivity contribution in [3.63, 3.8) is 0 Å². The third kappa shape index (κ3) is 2.73. The second-order valence-corrected chi connectivity index (χ2v) is 7.70. The van der Waals surface area contributed by atoms with Crippen LogP contribution in [0.4, 0.5) is 0 Å². The van der Waals surface area contributed by atoms with Crippen molar-refractivity contribution in [2.24, 2.45) is 23.2 Å². The van der Waals surface area contributed by atoms with E-state index in [2.05, 4.69) is 0 Å². The summed E-state index contributed by atoms with van der Waals surface area (Å²) >= 11 is 0. The molecule has 4 rings (SSSR count). The van der Waals surface area contributed by atoms with Crippen LogP contribution in [0.25, 0.3) is 0 Å². The Kier molecular flexibility index (Phi) is 3.80. The van der Waals surface area contributed by atoms with E-state index in [0.717, 1.165) is 17.8 Å². The molecule has 0 aromatic heterocycles. The van der Waals surface area contributed by atoms with Gasteiger partial charge < -0.3 is 15.1 Å². The molecule has 4 aliphatic rings. The molecule has 4 saturated carbocycles. The summed E-state index contributed by atoms with van der Waals surface area (Å²) < 4.78 is 0. The van der Waals surface area contributed by atoms with Crippen molar-refractivity contribution in [3.8, 4) is 0 Å². The van der Waals surface area contributed by atoms with Crippen LogP contribution in [0.2, 0.25) is 0 Å². The fraction of sp³-hybridized carbons (Fsp3) is 0.938. The molecule has 0 unspecified atom stereocenters. The predicted molar refractivity (Wildman–Crippen MR) is 76.0 cm³/mol. The first-order valence-corrected chi connectivity index (χ1v) is 8.02. The molecule has 4 nitrogen and oxygen atoms in total. The summed E-state index contributed by atoms with van der Waals surface area (Å²) in [5.41, 5.74) is 0.254. The third-order valence-corrected chi connectivity index (χ3v) is 5.81. The smallest absolute Gasteiger partial charge is 0.222 e. The van der Waals surface area contributed by atoms with Gasteiger partial charge in [-0.1, -0.05) is 0 Å². The average molecular weight is 281 g/mol. The monoisotopic (exact) mass is 281 g/mol.